The lowest BCUT2D eigenvalue weighted by molar-refractivity contribution is -0.153. The average Bonchev–Trinajstić information content (AvgIpc) is 2.97. The third-order valence-electron chi connectivity index (χ3n) is 6.01. The third-order valence-corrected chi connectivity index (χ3v) is 6.01. The van der Waals surface area contributed by atoms with Crippen molar-refractivity contribution in [2.75, 3.05) is 9.80 Å². The standard InChI is InChI=1S/C29H30N6O7/c1-18(36)25(35(22-10-6-3-7-11-22)27(39)23(30)16-24(37)38)28(40)42-33-29(41)34(17-19-8-4-2-5-9-19)21-14-12-20(13-15-21)26(31)32/h2-15,23,25H,16-17,30H2,1H3,(H3,31,32)(H,33,41)(H,37,38)/t23-,25-/m0/s1. The lowest BCUT2D eigenvalue weighted by atomic mass is 10.1. The fourth-order valence-corrected chi connectivity index (χ4v) is 3.97. The third kappa shape index (κ3) is 7.99. The molecule has 0 aliphatic rings. The van der Waals surface area contributed by atoms with Gasteiger partial charge in [0.05, 0.1) is 19.0 Å². The number of benzene rings is 3. The van der Waals surface area contributed by atoms with E-state index in [9.17, 15) is 24.0 Å². The van der Waals surface area contributed by atoms with E-state index in [2.05, 4.69) is 0 Å². The number of hydrogen-bond acceptors (Lipinski definition) is 8. The van der Waals surface area contributed by atoms with Crippen molar-refractivity contribution in [3.63, 3.8) is 0 Å². The zero-order valence-electron chi connectivity index (χ0n) is 22.6. The van der Waals surface area contributed by atoms with Gasteiger partial charge in [-0.3, -0.25) is 29.6 Å². The predicted molar refractivity (Wildman–Crippen MR) is 153 cm³/mol. The molecule has 3 aromatic carbocycles. The normalized spacial score (nSPS) is 11.9. The number of amides is 3. The molecule has 0 aliphatic carbocycles. The first kappa shape index (κ1) is 31.0. The van der Waals surface area contributed by atoms with Crippen molar-refractivity contribution in [2.45, 2.75) is 32.0 Å². The van der Waals surface area contributed by atoms with Gasteiger partial charge in [-0.1, -0.05) is 48.5 Å². The lowest BCUT2D eigenvalue weighted by Crippen LogP contribution is -2.56. The molecule has 0 saturated heterocycles. The van der Waals surface area contributed by atoms with Gasteiger partial charge in [0.2, 0.25) is 5.91 Å². The Labute approximate surface area is 241 Å². The summed E-state index contributed by atoms with van der Waals surface area (Å²) in [4.78, 5) is 70.6. The van der Waals surface area contributed by atoms with E-state index in [0.29, 0.717) is 11.3 Å². The highest BCUT2D eigenvalue weighted by molar-refractivity contribution is 6.14. The number of Topliss-reactive ketones (excluding diaryl/α,β-unsaturated/α-hetero) is 1. The number of urea groups is 1. The van der Waals surface area contributed by atoms with Crippen molar-refractivity contribution in [3.8, 4) is 0 Å². The Bertz CT molecular complexity index is 1450. The number of hydroxylamine groups is 1. The molecule has 0 spiro atoms. The van der Waals surface area contributed by atoms with Gasteiger partial charge in [0.1, 0.15) is 5.84 Å². The van der Waals surface area contributed by atoms with E-state index < -0.39 is 48.2 Å². The van der Waals surface area contributed by atoms with Gasteiger partial charge < -0.3 is 21.4 Å². The van der Waals surface area contributed by atoms with Gasteiger partial charge in [0.15, 0.2) is 11.8 Å². The highest BCUT2D eigenvalue weighted by atomic mass is 16.7. The van der Waals surface area contributed by atoms with Crippen LogP contribution < -0.4 is 26.7 Å². The number of anilines is 2. The molecule has 0 bridgehead atoms. The highest BCUT2D eigenvalue weighted by Crippen LogP contribution is 2.21. The van der Waals surface area contributed by atoms with E-state index in [-0.39, 0.29) is 18.1 Å². The molecule has 0 heterocycles. The summed E-state index contributed by atoms with van der Waals surface area (Å²) in [7, 11) is 0. The number of nitrogens with two attached hydrogens (primary N) is 2. The van der Waals surface area contributed by atoms with Crippen molar-refractivity contribution in [3.05, 3.63) is 96.1 Å². The summed E-state index contributed by atoms with van der Waals surface area (Å²) < 4.78 is 0. The second kappa shape index (κ2) is 14.2. The maximum Gasteiger partial charge on any atom is 0.362 e. The van der Waals surface area contributed by atoms with Crippen LogP contribution >= 0.6 is 0 Å². The number of hydrogen-bond donors (Lipinski definition) is 5. The van der Waals surface area contributed by atoms with Crippen LogP contribution in [0.4, 0.5) is 16.2 Å². The van der Waals surface area contributed by atoms with Crippen molar-refractivity contribution in [2.24, 2.45) is 11.5 Å². The molecule has 0 aliphatic heterocycles. The number of rotatable bonds is 11. The van der Waals surface area contributed by atoms with Gasteiger partial charge >= 0.3 is 18.0 Å². The summed E-state index contributed by atoms with van der Waals surface area (Å²) in [5, 5.41) is 16.7. The summed E-state index contributed by atoms with van der Waals surface area (Å²) in [6.07, 6.45) is -0.755. The monoisotopic (exact) mass is 574 g/mol. The molecule has 0 radical (unpaired) electrons. The van der Waals surface area contributed by atoms with Crippen LogP contribution in [0.3, 0.4) is 0 Å². The minimum absolute atomic E-state index is 0.0540. The highest BCUT2D eigenvalue weighted by Gasteiger charge is 2.39. The number of carboxylic acids is 1. The number of amidine groups is 1. The molecule has 3 amide bonds. The number of nitrogen functional groups attached to an aromatic ring is 1. The van der Waals surface area contributed by atoms with Gasteiger partial charge in [-0.25, -0.2) is 9.59 Å². The van der Waals surface area contributed by atoms with Crippen LogP contribution in [0, 0.1) is 5.41 Å². The van der Waals surface area contributed by atoms with Crippen molar-refractivity contribution >= 4 is 46.9 Å². The molecule has 0 aromatic heterocycles. The molecule has 0 unspecified atom stereocenters. The molecule has 7 N–H and O–H groups in total. The largest absolute Gasteiger partial charge is 0.481 e. The second-order valence-electron chi connectivity index (χ2n) is 9.12. The average molecular weight is 575 g/mol. The molecule has 42 heavy (non-hydrogen) atoms. The minimum atomic E-state index is -1.89. The molecule has 3 aromatic rings. The van der Waals surface area contributed by atoms with Gasteiger partial charge in [0, 0.05) is 16.9 Å². The fraction of sp³-hybridized carbons (Fsp3) is 0.172. The zero-order valence-corrected chi connectivity index (χ0v) is 22.6. The molecule has 0 fully saturated rings. The van der Waals surface area contributed by atoms with Crippen LogP contribution in [0.5, 0.6) is 0 Å². The summed E-state index contributed by atoms with van der Waals surface area (Å²) in [6.45, 7) is 1.09. The van der Waals surface area contributed by atoms with E-state index in [1.54, 1.807) is 72.8 Å². The molecule has 2 atom stereocenters. The fourth-order valence-electron chi connectivity index (χ4n) is 3.97. The number of nitrogens with one attached hydrogen (secondary N) is 2. The summed E-state index contributed by atoms with van der Waals surface area (Å²) >= 11 is 0. The number of para-hydroxylation sites is 1. The smallest absolute Gasteiger partial charge is 0.362 e. The second-order valence-corrected chi connectivity index (χ2v) is 9.12. The summed E-state index contributed by atoms with van der Waals surface area (Å²) in [5.41, 5.74) is 15.0. The van der Waals surface area contributed by atoms with Crippen LogP contribution in [0.15, 0.2) is 84.9 Å². The topological polar surface area (TPSA) is 209 Å². The number of carboxylic acid groups (broad SMARTS) is 1. The van der Waals surface area contributed by atoms with Gasteiger partial charge in [0.25, 0.3) is 0 Å². The van der Waals surface area contributed by atoms with Gasteiger partial charge in [-0.2, -0.15) is 5.48 Å². The SMILES string of the molecule is CC(=O)[C@@H](C(=O)ONC(=O)N(Cc1ccccc1)c1ccc(C(=N)N)cc1)N(C(=O)[C@@H](N)CC(=O)O)c1ccccc1. The first-order chi connectivity index (χ1) is 20.0. The predicted octanol–water partition coefficient (Wildman–Crippen LogP) is 1.94. The van der Waals surface area contributed by atoms with Crippen LogP contribution in [0.25, 0.3) is 0 Å². The number of nitrogens with zero attached hydrogens (tertiary/aromatic N) is 2. The van der Waals surface area contributed by atoms with Crippen LogP contribution in [0.1, 0.15) is 24.5 Å². The first-order valence-corrected chi connectivity index (χ1v) is 12.6. The Hall–Kier alpha value is -5.56. The van der Waals surface area contributed by atoms with Crippen LogP contribution in [-0.2, 0) is 30.6 Å². The lowest BCUT2D eigenvalue weighted by Gasteiger charge is -2.30. The zero-order chi connectivity index (χ0) is 30.8. The van der Waals surface area contributed by atoms with Crippen LogP contribution in [-0.4, -0.2) is 52.7 Å². The molecular formula is C29H30N6O7. The molecular weight excluding hydrogens is 544 g/mol. The van der Waals surface area contributed by atoms with Crippen LogP contribution in [0.2, 0.25) is 0 Å². The van der Waals surface area contributed by atoms with E-state index in [1.807, 2.05) is 5.48 Å². The van der Waals surface area contributed by atoms with E-state index >= 15 is 0 Å². The first-order valence-electron chi connectivity index (χ1n) is 12.6. The molecule has 218 valence electrons. The minimum Gasteiger partial charge on any atom is -0.481 e. The summed E-state index contributed by atoms with van der Waals surface area (Å²) in [5.74, 6) is -4.65. The number of aliphatic carboxylic acids is 1. The maximum absolute atomic E-state index is 13.3. The quantitative estimate of drug-likeness (QED) is 0.0979. The van der Waals surface area contributed by atoms with Crippen molar-refractivity contribution in [1.82, 2.24) is 5.48 Å². The number of ketones is 1. The molecule has 13 nitrogen and oxygen atoms in total. The Morgan fingerprint density at radius 3 is 2.00 bits per heavy atom. The van der Waals surface area contributed by atoms with Gasteiger partial charge in [-0.15, -0.1) is 0 Å². The Morgan fingerprint density at radius 2 is 1.48 bits per heavy atom. The summed E-state index contributed by atoms with van der Waals surface area (Å²) in [6, 6.07) is 18.4. The number of carbonyl (C=O) groups excluding carboxylic acids is 4. The molecule has 13 heteroatoms. The maximum atomic E-state index is 13.3. The number of carbonyl (C=O) groups is 5. The van der Waals surface area contributed by atoms with Crippen molar-refractivity contribution in [1.29, 1.82) is 5.41 Å². The van der Waals surface area contributed by atoms with E-state index in [0.717, 1.165) is 17.4 Å². The molecule has 3 rings (SSSR count). The van der Waals surface area contributed by atoms with E-state index in [4.69, 9.17) is 26.8 Å². The Morgan fingerprint density at radius 1 is 0.905 bits per heavy atom. The van der Waals surface area contributed by atoms with Gasteiger partial charge in [-0.05, 0) is 48.9 Å². The Balaban J connectivity index is 1.87. The Kier molecular flexibility index (Phi) is 10.5. The van der Waals surface area contributed by atoms with Crippen molar-refractivity contribution < 1.29 is 33.9 Å². The molecule has 0 saturated carbocycles. The van der Waals surface area contributed by atoms with E-state index in [1.165, 1.54) is 17.0 Å².